The molecule has 0 aliphatic carbocycles. The fourth-order valence-electron chi connectivity index (χ4n) is 1.70. The molecule has 1 aromatic heterocycles. The first-order valence-corrected chi connectivity index (χ1v) is 7.99. The number of carbonyl (C=O) groups is 1. The van der Waals surface area contributed by atoms with E-state index in [9.17, 15) is 13.2 Å². The Labute approximate surface area is 130 Å². The summed E-state index contributed by atoms with van der Waals surface area (Å²) in [7, 11) is -3.92. The average molecular weight is 350 g/mol. The van der Waals surface area contributed by atoms with Crippen LogP contribution >= 0.6 is 23.2 Å². The smallest absolute Gasteiger partial charge is 0.337 e. The van der Waals surface area contributed by atoms with E-state index in [2.05, 4.69) is 5.16 Å². The Kier molecular flexibility index (Phi) is 4.27. The summed E-state index contributed by atoms with van der Waals surface area (Å²) in [6.45, 7) is 1.65. The number of halogens is 2. The first-order valence-electron chi connectivity index (χ1n) is 5.58. The molecule has 1 N–H and O–H groups in total. The lowest BCUT2D eigenvalue weighted by Gasteiger charge is -2.08. The molecule has 2 rings (SSSR count). The lowest BCUT2D eigenvalue weighted by molar-refractivity contribution is 0.0697. The second-order valence-corrected chi connectivity index (χ2v) is 7.04. The number of carboxylic acids is 1. The van der Waals surface area contributed by atoms with E-state index in [1.54, 1.807) is 6.92 Å². The highest BCUT2D eigenvalue weighted by Gasteiger charge is 2.25. The Morgan fingerprint density at radius 1 is 1.33 bits per heavy atom. The van der Waals surface area contributed by atoms with Crippen molar-refractivity contribution >= 4 is 39.0 Å². The van der Waals surface area contributed by atoms with Crippen LogP contribution < -0.4 is 0 Å². The van der Waals surface area contributed by atoms with Crippen molar-refractivity contribution in [3.63, 3.8) is 0 Å². The van der Waals surface area contributed by atoms with E-state index in [4.69, 9.17) is 32.8 Å². The molecule has 0 aliphatic heterocycles. The zero-order valence-corrected chi connectivity index (χ0v) is 13.0. The Bertz CT molecular complexity index is 813. The van der Waals surface area contributed by atoms with Crippen molar-refractivity contribution in [2.24, 2.45) is 0 Å². The maximum atomic E-state index is 12.3. The lowest BCUT2D eigenvalue weighted by atomic mass is 10.2. The van der Waals surface area contributed by atoms with E-state index < -0.39 is 21.6 Å². The zero-order valence-electron chi connectivity index (χ0n) is 10.6. The third-order valence-electron chi connectivity index (χ3n) is 2.58. The molecule has 112 valence electrons. The third kappa shape index (κ3) is 3.37. The van der Waals surface area contributed by atoms with Crippen LogP contribution in [0, 0.1) is 6.92 Å². The van der Waals surface area contributed by atoms with Gasteiger partial charge >= 0.3 is 5.97 Å². The minimum Gasteiger partial charge on any atom is -0.478 e. The fourth-order valence-corrected chi connectivity index (χ4v) is 3.88. The van der Waals surface area contributed by atoms with Gasteiger partial charge in [0.25, 0.3) is 0 Å². The van der Waals surface area contributed by atoms with Crippen molar-refractivity contribution in [1.82, 2.24) is 5.16 Å². The molecule has 0 saturated heterocycles. The number of aromatic carboxylic acids is 1. The van der Waals surface area contributed by atoms with Crippen molar-refractivity contribution in [1.29, 1.82) is 0 Å². The van der Waals surface area contributed by atoms with Gasteiger partial charge in [-0.1, -0.05) is 28.4 Å². The highest BCUT2D eigenvalue weighted by Crippen LogP contribution is 2.31. The van der Waals surface area contributed by atoms with E-state index in [1.807, 2.05) is 0 Å². The predicted molar refractivity (Wildman–Crippen MR) is 75.6 cm³/mol. The monoisotopic (exact) mass is 349 g/mol. The standard InChI is InChI=1S/C12H9Cl2NO5S/c1-6-2-8(20-15-6)5-21(18,19)10-4-7(13)3-9(11(10)14)12(16)17/h2-4H,5H2,1H3,(H,16,17). The number of nitrogens with zero attached hydrogens (tertiary/aromatic N) is 1. The number of aromatic nitrogens is 1. The van der Waals surface area contributed by atoms with Crippen molar-refractivity contribution in [3.05, 3.63) is 45.3 Å². The summed E-state index contributed by atoms with van der Waals surface area (Å²) < 4.78 is 29.5. The second-order valence-electron chi connectivity index (χ2n) is 4.26. The van der Waals surface area contributed by atoms with Crippen LogP contribution in [-0.2, 0) is 15.6 Å². The molecular weight excluding hydrogens is 341 g/mol. The van der Waals surface area contributed by atoms with Gasteiger partial charge in [0.2, 0.25) is 0 Å². The Morgan fingerprint density at radius 2 is 2.00 bits per heavy atom. The number of hydrogen-bond donors (Lipinski definition) is 1. The summed E-state index contributed by atoms with van der Waals surface area (Å²) in [5.74, 6) is -1.73. The molecule has 2 aromatic rings. The molecule has 1 heterocycles. The van der Waals surface area contributed by atoms with Crippen LogP contribution in [0.25, 0.3) is 0 Å². The number of sulfone groups is 1. The maximum absolute atomic E-state index is 12.3. The van der Waals surface area contributed by atoms with Gasteiger partial charge in [0.15, 0.2) is 15.6 Å². The molecule has 0 aliphatic rings. The molecular formula is C12H9Cl2NO5S. The van der Waals surface area contributed by atoms with Gasteiger partial charge < -0.3 is 9.63 Å². The number of hydrogen-bond acceptors (Lipinski definition) is 5. The van der Waals surface area contributed by atoms with Gasteiger partial charge in [0.1, 0.15) is 5.75 Å². The summed E-state index contributed by atoms with van der Waals surface area (Å²) in [5.41, 5.74) is 0.153. The molecule has 1 aromatic carbocycles. The minimum absolute atomic E-state index is 0.0378. The normalized spacial score (nSPS) is 11.6. The van der Waals surface area contributed by atoms with E-state index in [-0.39, 0.29) is 26.3 Å². The van der Waals surface area contributed by atoms with Crippen LogP contribution in [0.2, 0.25) is 10.0 Å². The average Bonchev–Trinajstić information content (AvgIpc) is 2.76. The molecule has 9 heteroatoms. The first-order chi connectivity index (χ1) is 9.70. The molecule has 0 spiro atoms. The summed E-state index contributed by atoms with van der Waals surface area (Å²) >= 11 is 11.6. The fraction of sp³-hybridized carbons (Fsp3) is 0.167. The van der Waals surface area contributed by atoms with Gasteiger partial charge in [0, 0.05) is 11.1 Å². The first kappa shape index (κ1) is 15.8. The predicted octanol–water partition coefficient (Wildman–Crippen LogP) is 2.96. The van der Waals surface area contributed by atoms with E-state index in [1.165, 1.54) is 6.07 Å². The number of carboxylic acid groups (broad SMARTS) is 1. The Morgan fingerprint density at radius 3 is 2.52 bits per heavy atom. The van der Waals surface area contributed by atoms with Gasteiger partial charge in [-0.25, -0.2) is 13.2 Å². The van der Waals surface area contributed by atoms with Gasteiger partial charge in [-0.3, -0.25) is 0 Å². The van der Waals surface area contributed by atoms with Crippen molar-refractivity contribution in [2.45, 2.75) is 17.6 Å². The second kappa shape index (κ2) is 5.67. The number of benzene rings is 1. The molecule has 0 amide bonds. The van der Waals surface area contributed by atoms with Gasteiger partial charge in [0.05, 0.1) is 21.2 Å². The molecule has 0 unspecified atom stereocenters. The van der Waals surface area contributed by atoms with Crippen LogP contribution in [0.3, 0.4) is 0 Å². The molecule has 21 heavy (non-hydrogen) atoms. The molecule has 0 atom stereocenters. The largest absolute Gasteiger partial charge is 0.478 e. The molecule has 0 radical (unpaired) electrons. The minimum atomic E-state index is -3.92. The lowest BCUT2D eigenvalue weighted by Crippen LogP contribution is -2.08. The van der Waals surface area contributed by atoms with Crippen LogP contribution in [0.15, 0.2) is 27.6 Å². The molecule has 6 nitrogen and oxygen atoms in total. The molecule has 0 bridgehead atoms. The quantitative estimate of drug-likeness (QED) is 0.910. The Balaban J connectivity index is 2.52. The molecule has 0 fully saturated rings. The SMILES string of the molecule is Cc1cc(CS(=O)(=O)c2cc(Cl)cc(C(=O)O)c2Cl)on1. The van der Waals surface area contributed by atoms with E-state index in [0.29, 0.717) is 5.69 Å². The summed E-state index contributed by atoms with van der Waals surface area (Å²) in [6.07, 6.45) is 0. The van der Waals surface area contributed by atoms with Crippen molar-refractivity contribution < 1.29 is 22.8 Å². The van der Waals surface area contributed by atoms with E-state index in [0.717, 1.165) is 12.1 Å². The topological polar surface area (TPSA) is 97.5 Å². The van der Waals surface area contributed by atoms with Crippen LogP contribution in [0.4, 0.5) is 0 Å². The van der Waals surface area contributed by atoms with E-state index >= 15 is 0 Å². The Hall–Kier alpha value is -1.57. The zero-order chi connectivity index (χ0) is 15.8. The van der Waals surface area contributed by atoms with Crippen LogP contribution in [0.1, 0.15) is 21.8 Å². The third-order valence-corrected chi connectivity index (χ3v) is 4.97. The van der Waals surface area contributed by atoms with Gasteiger partial charge in [-0.2, -0.15) is 0 Å². The summed E-state index contributed by atoms with van der Waals surface area (Å²) in [5, 5.41) is 12.2. The van der Waals surface area contributed by atoms with Crippen molar-refractivity contribution in [2.75, 3.05) is 0 Å². The number of aryl methyl sites for hydroxylation is 1. The highest BCUT2D eigenvalue weighted by atomic mass is 35.5. The number of rotatable bonds is 4. The van der Waals surface area contributed by atoms with Gasteiger partial charge in [-0.05, 0) is 19.1 Å². The molecule has 0 saturated carbocycles. The van der Waals surface area contributed by atoms with Crippen LogP contribution in [0.5, 0.6) is 0 Å². The summed E-state index contributed by atoms with van der Waals surface area (Å²) in [4.78, 5) is 10.7. The van der Waals surface area contributed by atoms with Gasteiger partial charge in [-0.15, -0.1) is 0 Å². The van der Waals surface area contributed by atoms with Crippen LogP contribution in [-0.4, -0.2) is 24.7 Å². The summed E-state index contributed by atoms with van der Waals surface area (Å²) in [6, 6.07) is 3.66. The highest BCUT2D eigenvalue weighted by molar-refractivity contribution is 7.90. The maximum Gasteiger partial charge on any atom is 0.337 e. The van der Waals surface area contributed by atoms with Crippen molar-refractivity contribution in [3.8, 4) is 0 Å².